The summed E-state index contributed by atoms with van der Waals surface area (Å²) in [6, 6.07) is 5.13. The average molecular weight is 433 g/mol. The van der Waals surface area contributed by atoms with Crippen LogP contribution in [0.5, 0.6) is 0 Å². The summed E-state index contributed by atoms with van der Waals surface area (Å²) in [5.41, 5.74) is 1.74. The fraction of sp³-hybridized carbons (Fsp3) is 0.462. The summed E-state index contributed by atoms with van der Waals surface area (Å²) in [4.78, 5) is 0. The fourth-order valence-corrected chi connectivity index (χ4v) is 5.13. The lowest BCUT2D eigenvalue weighted by Gasteiger charge is -2.36. The van der Waals surface area contributed by atoms with Crippen LogP contribution in [0.2, 0.25) is 0 Å². The van der Waals surface area contributed by atoms with Crippen molar-refractivity contribution in [3.8, 4) is 11.1 Å². The monoisotopic (exact) mass is 432 g/mol. The number of halogens is 4. The molecule has 1 fully saturated rings. The van der Waals surface area contributed by atoms with Gasteiger partial charge in [0.15, 0.2) is 17.5 Å². The molecule has 2 aromatic carbocycles. The van der Waals surface area contributed by atoms with Gasteiger partial charge in [-0.15, -0.1) is 0 Å². The first-order chi connectivity index (χ1) is 15.0. The summed E-state index contributed by atoms with van der Waals surface area (Å²) in [6.07, 6.45) is 11.8. The molecule has 0 saturated heterocycles. The average Bonchev–Trinajstić information content (AvgIpc) is 2.78. The van der Waals surface area contributed by atoms with Crippen LogP contribution in [0, 0.1) is 35.1 Å². The van der Waals surface area contributed by atoms with Crippen LogP contribution in [0.1, 0.15) is 56.6 Å². The highest BCUT2D eigenvalue weighted by Crippen LogP contribution is 2.40. The standard InChI is InChI=1S/C26H28F4O/c1-2-3-12-31-20-8-4-16(5-9-20)17-6-10-21-18(13-17)7-11-22(25(21)29)19-14-23(27)26(30)24(28)15-19/h3,7,11-12,14-17,20H,2,4-6,8-10,13H2,1H3. The third-order valence-corrected chi connectivity index (χ3v) is 6.87. The molecule has 2 aromatic rings. The second kappa shape index (κ2) is 9.46. The summed E-state index contributed by atoms with van der Waals surface area (Å²) >= 11 is 0. The van der Waals surface area contributed by atoms with Gasteiger partial charge in [0.2, 0.25) is 0 Å². The Morgan fingerprint density at radius 1 is 0.903 bits per heavy atom. The summed E-state index contributed by atoms with van der Waals surface area (Å²) in [7, 11) is 0. The topological polar surface area (TPSA) is 9.23 Å². The van der Waals surface area contributed by atoms with E-state index in [1.165, 1.54) is 0 Å². The van der Waals surface area contributed by atoms with E-state index in [1.54, 1.807) is 6.07 Å². The molecular formula is C26H28F4O. The molecule has 0 N–H and O–H groups in total. The van der Waals surface area contributed by atoms with Crippen LogP contribution in [-0.2, 0) is 17.6 Å². The molecule has 1 nitrogen and oxygen atoms in total. The molecule has 0 spiro atoms. The molecule has 0 amide bonds. The molecule has 2 aliphatic carbocycles. The lowest BCUT2D eigenvalue weighted by Crippen LogP contribution is -2.29. The number of allylic oxidation sites excluding steroid dienone is 1. The van der Waals surface area contributed by atoms with Gasteiger partial charge in [-0.1, -0.05) is 25.1 Å². The van der Waals surface area contributed by atoms with Gasteiger partial charge in [-0.3, -0.25) is 0 Å². The molecule has 2 aliphatic rings. The Morgan fingerprint density at radius 3 is 2.29 bits per heavy atom. The molecular weight excluding hydrogens is 404 g/mol. The molecule has 1 unspecified atom stereocenters. The molecule has 0 bridgehead atoms. The van der Waals surface area contributed by atoms with Crippen LogP contribution in [0.3, 0.4) is 0 Å². The van der Waals surface area contributed by atoms with Crippen LogP contribution in [0.25, 0.3) is 11.1 Å². The molecule has 0 aromatic heterocycles. The molecule has 0 heterocycles. The van der Waals surface area contributed by atoms with Crippen molar-refractivity contribution < 1.29 is 22.3 Å². The minimum absolute atomic E-state index is 0.0225. The van der Waals surface area contributed by atoms with E-state index in [0.29, 0.717) is 29.9 Å². The number of hydrogen-bond donors (Lipinski definition) is 0. The first kappa shape index (κ1) is 21.9. The Labute approximate surface area is 181 Å². The van der Waals surface area contributed by atoms with Crippen LogP contribution >= 0.6 is 0 Å². The number of fused-ring (bicyclic) bond motifs is 1. The van der Waals surface area contributed by atoms with Gasteiger partial charge in [-0.05, 0) is 92.0 Å². The van der Waals surface area contributed by atoms with Crippen molar-refractivity contribution in [2.45, 2.75) is 64.4 Å². The molecule has 0 aliphatic heterocycles. The highest BCUT2D eigenvalue weighted by molar-refractivity contribution is 5.66. The van der Waals surface area contributed by atoms with Gasteiger partial charge in [-0.25, -0.2) is 17.6 Å². The zero-order valence-electron chi connectivity index (χ0n) is 17.8. The quantitative estimate of drug-likeness (QED) is 0.270. The second-order valence-corrected chi connectivity index (χ2v) is 8.77. The molecule has 1 saturated carbocycles. The van der Waals surface area contributed by atoms with Gasteiger partial charge >= 0.3 is 0 Å². The van der Waals surface area contributed by atoms with Crippen molar-refractivity contribution >= 4 is 0 Å². The molecule has 4 rings (SSSR count). The highest BCUT2D eigenvalue weighted by atomic mass is 19.2. The predicted molar refractivity (Wildman–Crippen MR) is 113 cm³/mol. The van der Waals surface area contributed by atoms with E-state index in [-0.39, 0.29) is 11.1 Å². The van der Waals surface area contributed by atoms with Crippen molar-refractivity contribution in [2.75, 3.05) is 0 Å². The van der Waals surface area contributed by atoms with E-state index < -0.39 is 23.3 Å². The van der Waals surface area contributed by atoms with Gasteiger partial charge in [0, 0.05) is 5.56 Å². The molecule has 31 heavy (non-hydrogen) atoms. The van der Waals surface area contributed by atoms with Crippen molar-refractivity contribution in [1.82, 2.24) is 0 Å². The lowest BCUT2D eigenvalue weighted by atomic mass is 9.71. The zero-order valence-corrected chi connectivity index (χ0v) is 17.8. The van der Waals surface area contributed by atoms with E-state index in [1.807, 2.05) is 18.4 Å². The molecule has 1 atom stereocenters. The van der Waals surface area contributed by atoms with E-state index >= 15 is 4.39 Å². The number of rotatable bonds is 5. The molecule has 166 valence electrons. The molecule has 0 radical (unpaired) electrons. The maximum Gasteiger partial charge on any atom is 0.194 e. The Morgan fingerprint density at radius 2 is 1.61 bits per heavy atom. The van der Waals surface area contributed by atoms with Crippen LogP contribution in [-0.4, -0.2) is 6.10 Å². The largest absolute Gasteiger partial charge is 0.498 e. The zero-order chi connectivity index (χ0) is 22.0. The lowest BCUT2D eigenvalue weighted by molar-refractivity contribution is 0.0713. The van der Waals surface area contributed by atoms with Gasteiger partial charge < -0.3 is 4.74 Å². The van der Waals surface area contributed by atoms with E-state index in [9.17, 15) is 13.2 Å². The summed E-state index contributed by atoms with van der Waals surface area (Å²) < 4.78 is 61.5. The van der Waals surface area contributed by atoms with E-state index in [4.69, 9.17) is 4.74 Å². The fourth-order valence-electron chi connectivity index (χ4n) is 5.13. The minimum Gasteiger partial charge on any atom is -0.498 e. The third-order valence-electron chi connectivity index (χ3n) is 6.87. The Hall–Kier alpha value is -2.30. The van der Waals surface area contributed by atoms with Crippen molar-refractivity contribution in [3.63, 3.8) is 0 Å². The van der Waals surface area contributed by atoms with Crippen LogP contribution in [0.4, 0.5) is 17.6 Å². The van der Waals surface area contributed by atoms with Gasteiger partial charge in [0.05, 0.1) is 12.4 Å². The number of ether oxygens (including phenoxy) is 1. The second-order valence-electron chi connectivity index (χ2n) is 8.77. The van der Waals surface area contributed by atoms with Crippen LogP contribution in [0.15, 0.2) is 36.6 Å². The van der Waals surface area contributed by atoms with Crippen molar-refractivity contribution in [1.29, 1.82) is 0 Å². The smallest absolute Gasteiger partial charge is 0.194 e. The Balaban J connectivity index is 1.45. The van der Waals surface area contributed by atoms with Crippen molar-refractivity contribution in [3.05, 3.63) is 71.0 Å². The number of hydrogen-bond acceptors (Lipinski definition) is 1. The maximum atomic E-state index is 15.2. The summed E-state index contributed by atoms with van der Waals surface area (Å²) in [6.45, 7) is 2.08. The van der Waals surface area contributed by atoms with Gasteiger partial charge in [0.1, 0.15) is 5.82 Å². The SMILES string of the molecule is CCC=COC1CCC(C2CCc3c(ccc(-c4cc(F)c(F)c(F)c4)c3F)C2)CC1. The van der Waals surface area contributed by atoms with E-state index in [0.717, 1.165) is 62.6 Å². The summed E-state index contributed by atoms with van der Waals surface area (Å²) in [5.74, 6) is -3.46. The predicted octanol–water partition coefficient (Wildman–Crippen LogP) is 7.51. The van der Waals surface area contributed by atoms with Crippen molar-refractivity contribution in [2.24, 2.45) is 11.8 Å². The normalized spacial score (nSPS) is 23.7. The first-order valence-electron chi connectivity index (χ1n) is 11.2. The van der Waals surface area contributed by atoms with Gasteiger partial charge in [-0.2, -0.15) is 0 Å². The Bertz CT molecular complexity index is 937. The van der Waals surface area contributed by atoms with Gasteiger partial charge in [0.25, 0.3) is 0 Å². The first-order valence-corrected chi connectivity index (χ1v) is 11.2. The Kier molecular flexibility index (Phi) is 6.68. The summed E-state index contributed by atoms with van der Waals surface area (Å²) in [5, 5.41) is 0. The molecule has 5 heteroatoms. The maximum absolute atomic E-state index is 15.2. The third kappa shape index (κ3) is 4.65. The number of benzene rings is 2. The highest BCUT2D eigenvalue weighted by Gasteiger charge is 2.32. The van der Waals surface area contributed by atoms with Crippen LogP contribution < -0.4 is 0 Å². The van der Waals surface area contributed by atoms with E-state index in [2.05, 4.69) is 6.92 Å². The minimum atomic E-state index is -1.54.